The Morgan fingerprint density at radius 3 is 2.30 bits per heavy atom. The lowest BCUT2D eigenvalue weighted by molar-refractivity contribution is 0.569. The van der Waals surface area contributed by atoms with Gasteiger partial charge in [0, 0.05) is 25.3 Å². The normalized spacial score (nSPS) is 11.8. The van der Waals surface area contributed by atoms with Crippen molar-refractivity contribution in [2.45, 2.75) is 38.7 Å². The summed E-state index contributed by atoms with van der Waals surface area (Å²) in [5.41, 5.74) is 2.89. The van der Waals surface area contributed by atoms with Gasteiger partial charge in [0.2, 0.25) is 10.0 Å². The van der Waals surface area contributed by atoms with Crippen LogP contribution in [-0.2, 0) is 28.9 Å². The van der Waals surface area contributed by atoms with Gasteiger partial charge in [-0.3, -0.25) is 4.98 Å². The number of hydrogen-bond acceptors (Lipinski definition) is 4. The fourth-order valence-electron chi connectivity index (χ4n) is 2.21. The first-order chi connectivity index (χ1) is 10.9. The Kier molecular flexibility index (Phi) is 6.27. The molecule has 6 heteroatoms. The van der Waals surface area contributed by atoms with Gasteiger partial charge in [0.25, 0.3) is 0 Å². The zero-order chi connectivity index (χ0) is 16.7. The Hall–Kier alpha value is -1.76. The van der Waals surface area contributed by atoms with E-state index in [0.717, 1.165) is 16.8 Å². The third kappa shape index (κ3) is 6.48. The lowest BCUT2D eigenvalue weighted by Gasteiger charge is -2.10. The molecule has 0 aliphatic rings. The molecule has 0 unspecified atom stereocenters. The van der Waals surface area contributed by atoms with Crippen LogP contribution in [0.2, 0.25) is 0 Å². The van der Waals surface area contributed by atoms with Crippen molar-refractivity contribution in [3.05, 3.63) is 65.5 Å². The Balaban J connectivity index is 1.85. The van der Waals surface area contributed by atoms with Crippen molar-refractivity contribution in [2.24, 2.45) is 0 Å². The summed E-state index contributed by atoms with van der Waals surface area (Å²) < 4.78 is 26.4. The van der Waals surface area contributed by atoms with Crippen molar-refractivity contribution in [2.75, 3.05) is 0 Å². The van der Waals surface area contributed by atoms with Gasteiger partial charge in [0.1, 0.15) is 0 Å². The van der Waals surface area contributed by atoms with Crippen LogP contribution < -0.4 is 10.0 Å². The van der Waals surface area contributed by atoms with Gasteiger partial charge in [-0.2, -0.15) is 0 Å². The summed E-state index contributed by atoms with van der Waals surface area (Å²) in [6.07, 6.45) is 1.78. The smallest absolute Gasteiger partial charge is 0.216 e. The van der Waals surface area contributed by atoms with E-state index in [4.69, 9.17) is 0 Å². The summed E-state index contributed by atoms with van der Waals surface area (Å²) in [6, 6.07) is 13.4. The third-order valence-electron chi connectivity index (χ3n) is 3.16. The van der Waals surface area contributed by atoms with E-state index in [1.165, 1.54) is 0 Å². The molecule has 0 spiro atoms. The number of pyridine rings is 1. The molecule has 2 rings (SSSR count). The number of nitrogens with one attached hydrogen (secondary N) is 2. The molecule has 0 aliphatic heterocycles. The molecule has 0 bridgehead atoms. The van der Waals surface area contributed by atoms with Crippen LogP contribution in [-0.4, -0.2) is 19.4 Å². The van der Waals surface area contributed by atoms with Crippen LogP contribution >= 0.6 is 0 Å². The van der Waals surface area contributed by atoms with Gasteiger partial charge in [-0.25, -0.2) is 13.1 Å². The standard InChI is InChI=1S/C17H23N3O2S/c1-14(2)20-23(21,22)13-16-8-6-15(7-9-16)11-18-12-17-5-3-4-10-19-17/h3-10,14,18,20H,11-13H2,1-2H3. The minimum atomic E-state index is -3.27. The highest BCUT2D eigenvalue weighted by Gasteiger charge is 2.12. The van der Waals surface area contributed by atoms with Crippen LogP contribution in [0.3, 0.4) is 0 Å². The molecule has 0 saturated carbocycles. The number of aromatic nitrogens is 1. The van der Waals surface area contributed by atoms with E-state index >= 15 is 0 Å². The summed E-state index contributed by atoms with van der Waals surface area (Å²) in [5.74, 6) is 0.00677. The van der Waals surface area contributed by atoms with Gasteiger partial charge in [-0.05, 0) is 37.1 Å². The van der Waals surface area contributed by atoms with Crippen LogP contribution in [0.25, 0.3) is 0 Å². The number of rotatable bonds is 8. The molecule has 0 aliphatic carbocycles. The molecule has 0 atom stereocenters. The van der Waals surface area contributed by atoms with Gasteiger partial charge < -0.3 is 5.32 Å². The maximum atomic E-state index is 11.9. The van der Waals surface area contributed by atoms with E-state index in [9.17, 15) is 8.42 Å². The monoisotopic (exact) mass is 333 g/mol. The van der Waals surface area contributed by atoms with E-state index in [0.29, 0.717) is 13.1 Å². The fourth-order valence-corrected chi connectivity index (χ4v) is 3.64. The van der Waals surface area contributed by atoms with Crippen LogP contribution in [0.1, 0.15) is 30.7 Å². The Morgan fingerprint density at radius 1 is 1.00 bits per heavy atom. The van der Waals surface area contributed by atoms with E-state index in [1.807, 2.05) is 56.3 Å². The number of benzene rings is 1. The average Bonchev–Trinajstić information content (AvgIpc) is 2.48. The molecule has 124 valence electrons. The largest absolute Gasteiger partial charge is 0.307 e. The molecule has 1 aromatic heterocycles. The highest BCUT2D eigenvalue weighted by molar-refractivity contribution is 7.88. The molecule has 2 aromatic rings. The lowest BCUT2D eigenvalue weighted by atomic mass is 10.1. The van der Waals surface area contributed by atoms with Crippen molar-refractivity contribution in [3.8, 4) is 0 Å². The van der Waals surface area contributed by atoms with Crippen molar-refractivity contribution < 1.29 is 8.42 Å². The molecule has 0 amide bonds. The summed E-state index contributed by atoms with van der Waals surface area (Å²) in [7, 11) is -3.27. The Labute approximate surface area is 138 Å². The Morgan fingerprint density at radius 2 is 1.70 bits per heavy atom. The van der Waals surface area contributed by atoms with E-state index < -0.39 is 10.0 Å². The zero-order valence-electron chi connectivity index (χ0n) is 13.5. The molecule has 23 heavy (non-hydrogen) atoms. The SMILES string of the molecule is CC(C)NS(=O)(=O)Cc1ccc(CNCc2ccccn2)cc1. The molecule has 2 N–H and O–H groups in total. The van der Waals surface area contributed by atoms with Gasteiger partial charge in [0.15, 0.2) is 0 Å². The molecule has 1 aromatic carbocycles. The third-order valence-corrected chi connectivity index (χ3v) is 4.70. The number of sulfonamides is 1. The van der Waals surface area contributed by atoms with Gasteiger partial charge in [-0.1, -0.05) is 30.3 Å². The zero-order valence-corrected chi connectivity index (χ0v) is 14.3. The fraction of sp³-hybridized carbons (Fsp3) is 0.353. The maximum absolute atomic E-state index is 11.9. The molecule has 1 heterocycles. The predicted molar refractivity (Wildman–Crippen MR) is 92.1 cm³/mol. The van der Waals surface area contributed by atoms with Crippen molar-refractivity contribution >= 4 is 10.0 Å². The first kappa shape index (κ1) is 17.6. The second kappa shape index (κ2) is 8.19. The lowest BCUT2D eigenvalue weighted by Crippen LogP contribution is -2.31. The van der Waals surface area contributed by atoms with E-state index in [2.05, 4.69) is 15.0 Å². The average molecular weight is 333 g/mol. The molecular formula is C17H23N3O2S. The number of nitrogens with zero attached hydrogens (tertiary/aromatic N) is 1. The Bertz CT molecular complexity index is 698. The second-order valence-electron chi connectivity index (χ2n) is 5.77. The highest BCUT2D eigenvalue weighted by atomic mass is 32.2. The minimum Gasteiger partial charge on any atom is -0.307 e. The van der Waals surface area contributed by atoms with Crippen LogP contribution in [0.15, 0.2) is 48.7 Å². The summed E-state index contributed by atoms with van der Waals surface area (Å²) in [4.78, 5) is 4.25. The molecular weight excluding hydrogens is 310 g/mol. The summed E-state index contributed by atoms with van der Waals surface area (Å²) >= 11 is 0. The second-order valence-corrected chi connectivity index (χ2v) is 7.53. The van der Waals surface area contributed by atoms with Crippen molar-refractivity contribution in [1.29, 1.82) is 0 Å². The topological polar surface area (TPSA) is 71.1 Å². The predicted octanol–water partition coefficient (Wildman–Crippen LogP) is 2.20. The minimum absolute atomic E-state index is 0.00677. The first-order valence-corrected chi connectivity index (χ1v) is 9.28. The molecule has 5 nitrogen and oxygen atoms in total. The first-order valence-electron chi connectivity index (χ1n) is 7.63. The van der Waals surface area contributed by atoms with Crippen LogP contribution in [0.4, 0.5) is 0 Å². The van der Waals surface area contributed by atoms with Crippen molar-refractivity contribution in [1.82, 2.24) is 15.0 Å². The highest BCUT2D eigenvalue weighted by Crippen LogP contribution is 2.08. The van der Waals surface area contributed by atoms with Gasteiger partial charge in [-0.15, -0.1) is 0 Å². The van der Waals surface area contributed by atoms with Gasteiger partial charge >= 0.3 is 0 Å². The van der Waals surface area contributed by atoms with E-state index in [-0.39, 0.29) is 11.8 Å². The summed E-state index contributed by atoms with van der Waals surface area (Å²) in [6.45, 7) is 5.05. The maximum Gasteiger partial charge on any atom is 0.216 e. The molecule has 0 fully saturated rings. The quantitative estimate of drug-likeness (QED) is 0.777. The van der Waals surface area contributed by atoms with E-state index in [1.54, 1.807) is 6.20 Å². The van der Waals surface area contributed by atoms with Gasteiger partial charge in [0.05, 0.1) is 11.4 Å². The molecule has 0 saturated heterocycles. The van der Waals surface area contributed by atoms with Crippen LogP contribution in [0, 0.1) is 0 Å². The summed E-state index contributed by atoms with van der Waals surface area (Å²) in [5, 5.41) is 3.32. The molecule has 0 radical (unpaired) electrons. The van der Waals surface area contributed by atoms with Crippen molar-refractivity contribution in [3.63, 3.8) is 0 Å². The number of hydrogen-bond donors (Lipinski definition) is 2. The van der Waals surface area contributed by atoms with Crippen LogP contribution in [0.5, 0.6) is 0 Å².